The normalized spacial score (nSPS) is 19.5. The Bertz CT molecular complexity index is 611. The summed E-state index contributed by atoms with van der Waals surface area (Å²) in [6.45, 7) is 15.5. The van der Waals surface area contributed by atoms with Crippen molar-refractivity contribution in [1.82, 2.24) is 19.6 Å². The summed E-state index contributed by atoms with van der Waals surface area (Å²) in [6, 6.07) is 8.24. The van der Waals surface area contributed by atoms with Gasteiger partial charge in [0.05, 0.1) is 0 Å². The van der Waals surface area contributed by atoms with Crippen molar-refractivity contribution in [3.63, 3.8) is 0 Å². The number of hydrogen-bond acceptors (Lipinski definition) is 4. The molecule has 1 aromatic rings. The summed E-state index contributed by atoms with van der Waals surface area (Å²) in [5.74, 6) is 0.126. The molecule has 6 heteroatoms. The number of hydrogen-bond donors (Lipinski definition) is 0. The van der Waals surface area contributed by atoms with E-state index >= 15 is 0 Å². The van der Waals surface area contributed by atoms with Gasteiger partial charge in [-0.2, -0.15) is 0 Å². The van der Waals surface area contributed by atoms with Crippen molar-refractivity contribution >= 4 is 11.8 Å². The first-order valence-corrected chi connectivity index (χ1v) is 10.5. The lowest BCUT2D eigenvalue weighted by Gasteiger charge is -2.37. The van der Waals surface area contributed by atoms with Gasteiger partial charge in [0.2, 0.25) is 0 Å². The van der Waals surface area contributed by atoms with Crippen LogP contribution in [0.15, 0.2) is 24.3 Å². The number of carbonyl (C=O) groups is 2. The van der Waals surface area contributed by atoms with Gasteiger partial charge in [0.15, 0.2) is 0 Å². The average Bonchev–Trinajstić information content (AvgIpc) is 2.73. The molecular weight excluding hydrogens is 352 g/mol. The van der Waals surface area contributed by atoms with Crippen LogP contribution in [-0.2, 0) is 0 Å². The van der Waals surface area contributed by atoms with Crippen LogP contribution in [0.4, 0.5) is 0 Å². The quantitative estimate of drug-likeness (QED) is 0.794. The molecule has 2 aliphatic heterocycles. The zero-order chi connectivity index (χ0) is 20.3. The Kier molecular flexibility index (Phi) is 6.73. The number of piperazine rings is 2. The van der Waals surface area contributed by atoms with E-state index < -0.39 is 0 Å². The van der Waals surface area contributed by atoms with Gasteiger partial charge in [-0.05, 0) is 52.0 Å². The fourth-order valence-corrected chi connectivity index (χ4v) is 4.00. The zero-order valence-corrected chi connectivity index (χ0v) is 17.7. The Hall–Kier alpha value is -1.92. The summed E-state index contributed by atoms with van der Waals surface area (Å²) in [7, 11) is 0. The molecule has 2 fully saturated rings. The summed E-state index contributed by atoms with van der Waals surface area (Å²) < 4.78 is 0. The topological polar surface area (TPSA) is 47.1 Å². The molecule has 0 saturated carbocycles. The molecule has 0 radical (unpaired) electrons. The van der Waals surface area contributed by atoms with Crippen molar-refractivity contribution < 1.29 is 9.59 Å². The smallest absolute Gasteiger partial charge is 0.253 e. The van der Waals surface area contributed by atoms with Crippen molar-refractivity contribution in [3.05, 3.63) is 35.4 Å². The van der Waals surface area contributed by atoms with E-state index in [2.05, 4.69) is 37.5 Å². The minimum absolute atomic E-state index is 0.0629. The molecule has 2 heterocycles. The molecule has 2 amide bonds. The zero-order valence-electron chi connectivity index (χ0n) is 17.7. The lowest BCUT2D eigenvalue weighted by atomic mass is 10.1. The lowest BCUT2D eigenvalue weighted by molar-refractivity contribution is 0.0586. The van der Waals surface area contributed by atoms with Crippen LogP contribution in [0.3, 0.4) is 0 Å². The average molecular weight is 387 g/mol. The van der Waals surface area contributed by atoms with E-state index in [1.807, 2.05) is 9.80 Å². The second-order valence-corrected chi connectivity index (χ2v) is 8.42. The monoisotopic (exact) mass is 386 g/mol. The summed E-state index contributed by atoms with van der Waals surface area (Å²) in [4.78, 5) is 34.2. The van der Waals surface area contributed by atoms with E-state index in [1.54, 1.807) is 24.3 Å². The van der Waals surface area contributed by atoms with Crippen molar-refractivity contribution in [2.24, 2.45) is 0 Å². The molecule has 0 aliphatic carbocycles. The summed E-state index contributed by atoms with van der Waals surface area (Å²) in [5, 5.41) is 0. The molecule has 0 atom stereocenters. The highest BCUT2D eigenvalue weighted by atomic mass is 16.2. The minimum Gasteiger partial charge on any atom is -0.336 e. The van der Waals surface area contributed by atoms with Gasteiger partial charge in [-0.25, -0.2) is 0 Å². The van der Waals surface area contributed by atoms with Crippen LogP contribution < -0.4 is 0 Å². The maximum atomic E-state index is 12.8. The van der Waals surface area contributed by atoms with E-state index in [1.165, 1.54) is 0 Å². The van der Waals surface area contributed by atoms with Crippen LogP contribution in [0, 0.1) is 0 Å². The highest BCUT2D eigenvalue weighted by molar-refractivity contribution is 5.98. The lowest BCUT2D eigenvalue weighted by Crippen LogP contribution is -2.51. The Balaban J connectivity index is 1.56. The first-order valence-electron chi connectivity index (χ1n) is 10.5. The SMILES string of the molecule is CC(C)N1CCN(C(=O)c2ccc(C(=O)N3CCN(C(C)C)CC3)cc2)CC1. The largest absolute Gasteiger partial charge is 0.336 e. The fraction of sp³-hybridized carbons (Fsp3) is 0.636. The first-order chi connectivity index (χ1) is 13.4. The van der Waals surface area contributed by atoms with Crippen molar-refractivity contribution in [2.45, 2.75) is 39.8 Å². The van der Waals surface area contributed by atoms with E-state index in [4.69, 9.17) is 0 Å². The predicted molar refractivity (Wildman–Crippen MR) is 112 cm³/mol. The van der Waals surface area contributed by atoms with Crippen LogP contribution in [0.2, 0.25) is 0 Å². The van der Waals surface area contributed by atoms with Gasteiger partial charge in [-0.1, -0.05) is 0 Å². The van der Waals surface area contributed by atoms with Crippen LogP contribution in [0.5, 0.6) is 0 Å². The van der Waals surface area contributed by atoms with Crippen LogP contribution in [0.25, 0.3) is 0 Å². The van der Waals surface area contributed by atoms with Gasteiger partial charge in [0.25, 0.3) is 11.8 Å². The van der Waals surface area contributed by atoms with Crippen molar-refractivity contribution in [1.29, 1.82) is 0 Å². The molecule has 154 valence electrons. The summed E-state index contributed by atoms with van der Waals surface area (Å²) in [6.07, 6.45) is 0. The second-order valence-electron chi connectivity index (χ2n) is 8.42. The van der Waals surface area contributed by atoms with Crippen molar-refractivity contribution in [3.8, 4) is 0 Å². The molecule has 0 bridgehead atoms. The van der Waals surface area contributed by atoms with Gasteiger partial charge in [0, 0.05) is 75.6 Å². The van der Waals surface area contributed by atoms with E-state index in [-0.39, 0.29) is 11.8 Å². The van der Waals surface area contributed by atoms with Crippen LogP contribution >= 0.6 is 0 Å². The molecule has 0 aromatic heterocycles. The number of carbonyl (C=O) groups excluding carboxylic acids is 2. The third-order valence-electron chi connectivity index (χ3n) is 6.04. The molecule has 2 aliphatic rings. The van der Waals surface area contributed by atoms with Gasteiger partial charge >= 0.3 is 0 Å². The van der Waals surface area contributed by atoms with Crippen LogP contribution in [0.1, 0.15) is 48.4 Å². The molecule has 0 unspecified atom stereocenters. The number of amides is 2. The third kappa shape index (κ3) is 4.73. The van der Waals surface area contributed by atoms with Gasteiger partial charge in [-0.15, -0.1) is 0 Å². The molecule has 6 nitrogen and oxygen atoms in total. The fourth-order valence-electron chi connectivity index (χ4n) is 4.00. The molecule has 0 N–H and O–H groups in total. The van der Waals surface area contributed by atoms with Crippen molar-refractivity contribution in [2.75, 3.05) is 52.4 Å². The predicted octanol–water partition coefficient (Wildman–Crippen LogP) is 2.02. The van der Waals surface area contributed by atoms with E-state index in [9.17, 15) is 9.59 Å². The number of rotatable bonds is 4. The molecule has 28 heavy (non-hydrogen) atoms. The Morgan fingerprint density at radius 2 is 0.893 bits per heavy atom. The Morgan fingerprint density at radius 3 is 1.14 bits per heavy atom. The van der Waals surface area contributed by atoms with Gasteiger partial charge < -0.3 is 9.80 Å². The summed E-state index contributed by atoms with van der Waals surface area (Å²) >= 11 is 0. The van der Waals surface area contributed by atoms with Gasteiger partial charge in [-0.3, -0.25) is 19.4 Å². The number of nitrogens with zero attached hydrogens (tertiary/aromatic N) is 4. The second kappa shape index (κ2) is 9.05. The van der Waals surface area contributed by atoms with Gasteiger partial charge in [0.1, 0.15) is 0 Å². The third-order valence-corrected chi connectivity index (χ3v) is 6.04. The van der Waals surface area contributed by atoms with E-state index in [0.29, 0.717) is 23.2 Å². The molecule has 3 rings (SSSR count). The van der Waals surface area contributed by atoms with Crippen LogP contribution in [-0.4, -0.2) is 95.9 Å². The Morgan fingerprint density at radius 1 is 0.607 bits per heavy atom. The number of benzene rings is 1. The minimum atomic E-state index is 0.0629. The standard InChI is InChI=1S/C22H34N4O2/c1-17(2)23-9-13-25(14-10-23)21(27)19-5-7-20(8-6-19)22(28)26-15-11-24(12-16-26)18(3)4/h5-8,17-18H,9-16H2,1-4H3. The Labute approximate surface area is 169 Å². The highest BCUT2D eigenvalue weighted by Gasteiger charge is 2.25. The summed E-state index contributed by atoms with van der Waals surface area (Å²) in [5.41, 5.74) is 1.33. The molecule has 0 spiro atoms. The van der Waals surface area contributed by atoms with E-state index in [0.717, 1.165) is 52.4 Å². The molecule has 2 saturated heterocycles. The first kappa shape index (κ1) is 20.8. The molecule has 1 aromatic carbocycles. The maximum absolute atomic E-state index is 12.8. The highest BCUT2D eigenvalue weighted by Crippen LogP contribution is 2.14. The molecular formula is C22H34N4O2. The maximum Gasteiger partial charge on any atom is 0.253 e.